The van der Waals surface area contributed by atoms with Crippen LogP contribution in [0.15, 0.2) is 201 Å². The molecule has 12 rings (SSSR count). The molecule has 1 aliphatic rings. The van der Waals surface area contributed by atoms with Gasteiger partial charge < -0.3 is 9.88 Å². The first-order valence-electron chi connectivity index (χ1n) is 20.3. The Morgan fingerprint density at radius 2 is 0.949 bits per heavy atom. The first kappa shape index (κ1) is 33.4. The van der Waals surface area contributed by atoms with Crippen molar-refractivity contribution in [1.29, 1.82) is 0 Å². The third-order valence-electron chi connectivity index (χ3n) is 12.3. The van der Waals surface area contributed by atoms with E-state index < -0.39 is 0 Å². The standard InChI is InChI=1S/C56H37N3/c1-2-14-46(15-3-1)59-53-25-23-41(31-50(53)52-35-57-27-26-54(52)59)45-30-44(33-58-34-45)40-22-24-49-51(32-40)56(43-21-19-37-11-5-7-13-39(37)29-43)48-17-9-8-16-47(48)55(49)42-20-18-36-10-4-6-12-38(36)28-42/h1-34,57H,35H2. The summed E-state index contributed by atoms with van der Waals surface area (Å²) in [5.74, 6) is 0. The van der Waals surface area contributed by atoms with Crippen LogP contribution in [0.3, 0.4) is 0 Å². The lowest BCUT2D eigenvalue weighted by atomic mass is 9.84. The predicted octanol–water partition coefficient (Wildman–Crippen LogP) is 14.4. The first-order chi connectivity index (χ1) is 29.2. The summed E-state index contributed by atoms with van der Waals surface area (Å²) < 4.78 is 2.37. The van der Waals surface area contributed by atoms with Crippen LogP contribution in [0.2, 0.25) is 0 Å². The van der Waals surface area contributed by atoms with E-state index >= 15 is 0 Å². The van der Waals surface area contributed by atoms with Crippen molar-refractivity contribution in [2.45, 2.75) is 6.54 Å². The van der Waals surface area contributed by atoms with Crippen molar-refractivity contribution in [3.8, 4) is 50.2 Å². The molecule has 0 unspecified atom stereocenters. The van der Waals surface area contributed by atoms with Gasteiger partial charge in [-0.3, -0.25) is 4.98 Å². The van der Waals surface area contributed by atoms with Crippen LogP contribution in [0, 0.1) is 0 Å². The van der Waals surface area contributed by atoms with E-state index in [4.69, 9.17) is 4.98 Å². The van der Waals surface area contributed by atoms with Crippen LogP contribution in [0.25, 0.3) is 110 Å². The van der Waals surface area contributed by atoms with Gasteiger partial charge in [0.2, 0.25) is 0 Å². The summed E-state index contributed by atoms with van der Waals surface area (Å²) in [5.41, 5.74) is 14.3. The lowest BCUT2D eigenvalue weighted by Crippen LogP contribution is -2.10. The fourth-order valence-corrected chi connectivity index (χ4v) is 9.50. The summed E-state index contributed by atoms with van der Waals surface area (Å²) in [5, 5.41) is 14.6. The van der Waals surface area contributed by atoms with Crippen molar-refractivity contribution >= 4 is 60.1 Å². The van der Waals surface area contributed by atoms with Crippen molar-refractivity contribution in [3.05, 3.63) is 212 Å². The zero-order chi connectivity index (χ0) is 38.9. The van der Waals surface area contributed by atoms with Gasteiger partial charge in [0, 0.05) is 46.7 Å². The number of fused-ring (bicyclic) bond motifs is 7. The third-order valence-corrected chi connectivity index (χ3v) is 12.3. The number of pyridine rings is 1. The Labute approximate surface area is 342 Å². The molecule has 3 heterocycles. The molecule has 276 valence electrons. The SMILES string of the molecule is C1=Cc2c(c3cc(-c4cncc(-c5ccc6c(-c7ccc8ccccc8c7)c7ccccc7c(-c7ccc8ccccc8c7)c6c5)c4)ccc3n2-c2ccccc2)CN1. The summed E-state index contributed by atoms with van der Waals surface area (Å²) >= 11 is 0. The van der Waals surface area contributed by atoms with Gasteiger partial charge >= 0.3 is 0 Å². The number of rotatable bonds is 5. The van der Waals surface area contributed by atoms with Gasteiger partial charge in [0.15, 0.2) is 0 Å². The van der Waals surface area contributed by atoms with Gasteiger partial charge in [0.25, 0.3) is 0 Å². The van der Waals surface area contributed by atoms with E-state index in [0.717, 1.165) is 34.5 Å². The molecule has 59 heavy (non-hydrogen) atoms. The maximum atomic E-state index is 4.87. The molecule has 0 fully saturated rings. The molecule has 3 nitrogen and oxygen atoms in total. The number of benzene rings is 9. The Morgan fingerprint density at radius 3 is 1.63 bits per heavy atom. The van der Waals surface area contributed by atoms with Gasteiger partial charge in [-0.05, 0) is 137 Å². The fourth-order valence-electron chi connectivity index (χ4n) is 9.50. The van der Waals surface area contributed by atoms with E-state index in [1.165, 1.54) is 87.5 Å². The topological polar surface area (TPSA) is 29.9 Å². The van der Waals surface area contributed by atoms with E-state index in [1.807, 2.05) is 12.4 Å². The predicted molar refractivity (Wildman–Crippen MR) is 249 cm³/mol. The van der Waals surface area contributed by atoms with E-state index in [-0.39, 0.29) is 0 Å². The minimum Gasteiger partial charge on any atom is -0.387 e. The smallest absolute Gasteiger partial charge is 0.0538 e. The molecule has 3 heteroatoms. The number of nitrogens with zero attached hydrogens (tertiary/aromatic N) is 2. The maximum absolute atomic E-state index is 4.87. The summed E-state index contributed by atoms with van der Waals surface area (Å²) in [7, 11) is 0. The number of aromatic nitrogens is 2. The van der Waals surface area contributed by atoms with Crippen LogP contribution in [0.5, 0.6) is 0 Å². The summed E-state index contributed by atoms with van der Waals surface area (Å²) in [6, 6.07) is 66.8. The van der Waals surface area contributed by atoms with Crippen LogP contribution < -0.4 is 5.32 Å². The van der Waals surface area contributed by atoms with Crippen molar-refractivity contribution in [2.75, 3.05) is 0 Å². The normalized spacial score (nSPS) is 12.4. The highest BCUT2D eigenvalue weighted by molar-refractivity contribution is 6.22. The van der Waals surface area contributed by atoms with Crippen LogP contribution in [0.4, 0.5) is 0 Å². The molecule has 0 spiro atoms. The molecular formula is C56H37N3. The van der Waals surface area contributed by atoms with Crippen molar-refractivity contribution in [3.63, 3.8) is 0 Å². The zero-order valence-corrected chi connectivity index (χ0v) is 32.2. The largest absolute Gasteiger partial charge is 0.387 e. The number of hydrogen-bond acceptors (Lipinski definition) is 2. The Balaban J connectivity index is 1.06. The average molecular weight is 752 g/mol. The molecule has 0 atom stereocenters. The third kappa shape index (κ3) is 5.47. The van der Waals surface area contributed by atoms with E-state index in [2.05, 4.69) is 204 Å². The summed E-state index contributed by atoms with van der Waals surface area (Å²) in [4.78, 5) is 4.87. The summed E-state index contributed by atoms with van der Waals surface area (Å²) in [6.45, 7) is 0.788. The second-order valence-corrected chi connectivity index (χ2v) is 15.6. The molecule has 1 N–H and O–H groups in total. The maximum Gasteiger partial charge on any atom is 0.0538 e. The van der Waals surface area contributed by atoms with Crippen molar-refractivity contribution in [1.82, 2.24) is 14.9 Å². The second-order valence-electron chi connectivity index (χ2n) is 15.6. The quantitative estimate of drug-likeness (QED) is 0.178. The monoisotopic (exact) mass is 751 g/mol. The molecule has 0 radical (unpaired) electrons. The molecule has 0 aliphatic carbocycles. The Morgan fingerprint density at radius 1 is 0.407 bits per heavy atom. The number of nitrogens with one attached hydrogen (secondary N) is 1. The molecule has 9 aromatic carbocycles. The lowest BCUT2D eigenvalue weighted by Gasteiger charge is -2.19. The molecule has 11 aromatic rings. The van der Waals surface area contributed by atoms with Gasteiger partial charge in [-0.15, -0.1) is 0 Å². The van der Waals surface area contributed by atoms with Crippen LogP contribution in [-0.4, -0.2) is 9.55 Å². The Bertz CT molecular complexity index is 3500. The van der Waals surface area contributed by atoms with Crippen molar-refractivity contribution in [2.24, 2.45) is 0 Å². The zero-order valence-electron chi connectivity index (χ0n) is 32.2. The first-order valence-corrected chi connectivity index (χ1v) is 20.3. The Kier molecular flexibility index (Phi) is 7.60. The number of para-hydroxylation sites is 1. The Hall–Kier alpha value is -7.75. The molecule has 2 aromatic heterocycles. The van der Waals surface area contributed by atoms with Crippen LogP contribution >= 0.6 is 0 Å². The van der Waals surface area contributed by atoms with Gasteiger partial charge in [0.1, 0.15) is 0 Å². The highest BCUT2D eigenvalue weighted by Crippen LogP contribution is 2.46. The fraction of sp³-hybridized carbons (Fsp3) is 0.0179. The second kappa shape index (κ2) is 13.4. The van der Waals surface area contributed by atoms with Crippen molar-refractivity contribution < 1.29 is 0 Å². The van der Waals surface area contributed by atoms with Gasteiger partial charge in [-0.25, -0.2) is 0 Å². The molecule has 0 bridgehead atoms. The molecule has 1 aliphatic heterocycles. The van der Waals surface area contributed by atoms with Gasteiger partial charge in [0.05, 0.1) is 11.2 Å². The van der Waals surface area contributed by atoms with Crippen LogP contribution in [0.1, 0.15) is 11.3 Å². The summed E-state index contributed by atoms with van der Waals surface area (Å²) in [6.07, 6.45) is 8.24. The highest BCUT2D eigenvalue weighted by Gasteiger charge is 2.21. The van der Waals surface area contributed by atoms with E-state index in [1.54, 1.807) is 0 Å². The molecule has 0 saturated carbocycles. The van der Waals surface area contributed by atoms with Crippen LogP contribution in [-0.2, 0) is 6.54 Å². The molecular weight excluding hydrogens is 715 g/mol. The highest BCUT2D eigenvalue weighted by atomic mass is 15.0. The molecule has 0 amide bonds. The minimum atomic E-state index is 0.788. The van der Waals surface area contributed by atoms with E-state index in [0.29, 0.717) is 0 Å². The molecule has 0 saturated heterocycles. The van der Waals surface area contributed by atoms with Gasteiger partial charge in [-0.2, -0.15) is 0 Å². The average Bonchev–Trinajstić information content (AvgIpc) is 3.64. The van der Waals surface area contributed by atoms with E-state index in [9.17, 15) is 0 Å². The minimum absolute atomic E-state index is 0.788. The number of hydrogen-bond donors (Lipinski definition) is 1. The lowest BCUT2D eigenvalue weighted by molar-refractivity contribution is 0.855. The van der Waals surface area contributed by atoms with Gasteiger partial charge in [-0.1, -0.05) is 133 Å².